The Kier molecular flexibility index (Phi) is 4.01. The van der Waals surface area contributed by atoms with Gasteiger partial charge in [0.15, 0.2) is 5.82 Å². The first-order valence-corrected chi connectivity index (χ1v) is 6.84. The van der Waals surface area contributed by atoms with Crippen LogP contribution in [0.25, 0.3) is 0 Å². The van der Waals surface area contributed by atoms with E-state index in [4.69, 9.17) is 0 Å². The van der Waals surface area contributed by atoms with E-state index in [-0.39, 0.29) is 11.8 Å². The molecule has 1 aromatic heterocycles. The molecule has 0 amide bonds. The van der Waals surface area contributed by atoms with Crippen LogP contribution in [-0.4, -0.2) is 57.2 Å². The Morgan fingerprint density at radius 1 is 1.37 bits per heavy atom. The van der Waals surface area contributed by atoms with Gasteiger partial charge in [-0.15, -0.1) is 0 Å². The van der Waals surface area contributed by atoms with Gasteiger partial charge in [-0.3, -0.25) is 9.69 Å². The van der Waals surface area contributed by atoms with Crippen LogP contribution in [0.3, 0.4) is 0 Å². The molecule has 6 nitrogen and oxygen atoms in total. The maximum atomic E-state index is 12.8. The predicted octanol–water partition coefficient (Wildman–Crippen LogP) is 0.726. The first kappa shape index (κ1) is 14.1. The summed E-state index contributed by atoms with van der Waals surface area (Å²) < 4.78 is 1.70. The summed E-state index contributed by atoms with van der Waals surface area (Å²) in [5.74, 6) is 0.499. The zero-order chi connectivity index (χ0) is 14.0. The van der Waals surface area contributed by atoms with Crippen molar-refractivity contribution in [2.45, 2.75) is 39.3 Å². The van der Waals surface area contributed by atoms with Crippen molar-refractivity contribution in [3.05, 3.63) is 12.2 Å². The van der Waals surface area contributed by atoms with Gasteiger partial charge < -0.3 is 5.32 Å². The van der Waals surface area contributed by atoms with Crippen LogP contribution in [0.1, 0.15) is 44.4 Å². The van der Waals surface area contributed by atoms with Crippen LogP contribution in [0.4, 0.5) is 0 Å². The molecule has 1 aliphatic heterocycles. The highest BCUT2D eigenvalue weighted by Gasteiger charge is 2.38. The van der Waals surface area contributed by atoms with E-state index >= 15 is 0 Å². The SMILES string of the molecule is CC(C)n1ncnc1C(=O)C(C)(C)N1CCNCC1. The van der Waals surface area contributed by atoms with Gasteiger partial charge >= 0.3 is 0 Å². The highest BCUT2D eigenvalue weighted by molar-refractivity contribution is 5.99. The molecule has 1 fully saturated rings. The molecule has 0 bridgehead atoms. The van der Waals surface area contributed by atoms with Gasteiger partial charge in [0, 0.05) is 32.2 Å². The van der Waals surface area contributed by atoms with E-state index in [1.54, 1.807) is 4.68 Å². The lowest BCUT2D eigenvalue weighted by atomic mass is 9.95. The number of nitrogens with zero attached hydrogens (tertiary/aromatic N) is 4. The van der Waals surface area contributed by atoms with Crippen LogP contribution >= 0.6 is 0 Å². The zero-order valence-electron chi connectivity index (χ0n) is 12.2. The maximum Gasteiger partial charge on any atom is 0.219 e. The molecule has 2 rings (SSSR count). The Hall–Kier alpha value is -1.27. The minimum atomic E-state index is -0.540. The van der Waals surface area contributed by atoms with Gasteiger partial charge in [0.25, 0.3) is 0 Å². The molecule has 0 aromatic carbocycles. The fourth-order valence-corrected chi connectivity index (χ4v) is 2.43. The number of rotatable bonds is 4. The third kappa shape index (κ3) is 2.69. The number of nitrogens with one attached hydrogen (secondary N) is 1. The van der Waals surface area contributed by atoms with Gasteiger partial charge in [-0.2, -0.15) is 5.10 Å². The average Bonchev–Trinajstić information content (AvgIpc) is 2.88. The molecule has 0 saturated carbocycles. The summed E-state index contributed by atoms with van der Waals surface area (Å²) in [5, 5.41) is 7.45. The molecule has 0 radical (unpaired) electrons. The standard InChI is InChI=1S/C13H23N5O/c1-10(2)18-12(15-9-16-18)11(19)13(3,4)17-7-5-14-6-8-17/h9-10,14H,5-8H2,1-4H3. The summed E-state index contributed by atoms with van der Waals surface area (Å²) in [5.41, 5.74) is -0.540. The molecule has 0 aliphatic carbocycles. The van der Waals surface area contributed by atoms with Crippen molar-refractivity contribution in [1.29, 1.82) is 0 Å². The summed E-state index contributed by atoms with van der Waals surface area (Å²) >= 11 is 0. The van der Waals surface area contributed by atoms with E-state index in [0.29, 0.717) is 5.82 Å². The molecule has 1 aromatic rings. The second kappa shape index (κ2) is 5.38. The second-order valence-electron chi connectivity index (χ2n) is 5.75. The van der Waals surface area contributed by atoms with Gasteiger partial charge in [-0.25, -0.2) is 9.67 Å². The molecule has 6 heteroatoms. The highest BCUT2D eigenvalue weighted by atomic mass is 16.1. The summed E-state index contributed by atoms with van der Waals surface area (Å²) in [6.07, 6.45) is 1.46. The van der Waals surface area contributed by atoms with Crippen molar-refractivity contribution in [1.82, 2.24) is 25.0 Å². The number of carbonyl (C=O) groups excluding carboxylic acids is 1. The Morgan fingerprint density at radius 2 is 2.00 bits per heavy atom. The normalized spacial score (nSPS) is 17.9. The Bertz CT molecular complexity index is 446. The number of aromatic nitrogens is 3. The Balaban J connectivity index is 2.24. The zero-order valence-corrected chi connectivity index (χ0v) is 12.2. The van der Waals surface area contributed by atoms with Crippen LogP contribution in [0.5, 0.6) is 0 Å². The molecule has 19 heavy (non-hydrogen) atoms. The molecule has 1 aliphatic rings. The van der Waals surface area contributed by atoms with Gasteiger partial charge in [-0.1, -0.05) is 0 Å². The van der Waals surface area contributed by atoms with Crippen molar-refractivity contribution in [2.75, 3.05) is 26.2 Å². The fraction of sp³-hybridized carbons (Fsp3) is 0.769. The summed E-state index contributed by atoms with van der Waals surface area (Å²) in [7, 11) is 0. The number of piperazine rings is 1. The smallest absolute Gasteiger partial charge is 0.219 e. The van der Waals surface area contributed by atoms with Crippen molar-refractivity contribution < 1.29 is 4.79 Å². The van der Waals surface area contributed by atoms with Crippen molar-refractivity contribution >= 4 is 5.78 Å². The lowest BCUT2D eigenvalue weighted by molar-refractivity contribution is 0.0584. The average molecular weight is 265 g/mol. The summed E-state index contributed by atoms with van der Waals surface area (Å²) in [6, 6.07) is 0.139. The minimum absolute atomic E-state index is 0.0422. The van der Waals surface area contributed by atoms with Crippen LogP contribution in [0.2, 0.25) is 0 Å². The van der Waals surface area contributed by atoms with Crippen LogP contribution in [0, 0.1) is 0 Å². The molecule has 1 saturated heterocycles. The maximum absolute atomic E-state index is 12.8. The third-order valence-electron chi connectivity index (χ3n) is 3.73. The summed E-state index contributed by atoms with van der Waals surface area (Å²) in [6.45, 7) is 11.6. The highest BCUT2D eigenvalue weighted by Crippen LogP contribution is 2.21. The van der Waals surface area contributed by atoms with E-state index in [2.05, 4.69) is 20.3 Å². The van der Waals surface area contributed by atoms with E-state index < -0.39 is 5.54 Å². The first-order valence-electron chi connectivity index (χ1n) is 6.84. The minimum Gasteiger partial charge on any atom is -0.314 e. The molecule has 1 N–H and O–H groups in total. The van der Waals surface area contributed by atoms with Crippen molar-refractivity contribution in [2.24, 2.45) is 0 Å². The third-order valence-corrected chi connectivity index (χ3v) is 3.73. The lowest BCUT2D eigenvalue weighted by Gasteiger charge is -2.39. The molecule has 106 valence electrons. The monoisotopic (exact) mass is 265 g/mol. The number of carbonyl (C=O) groups is 1. The second-order valence-corrected chi connectivity index (χ2v) is 5.75. The van der Waals surface area contributed by atoms with Gasteiger partial charge in [0.2, 0.25) is 5.78 Å². The molecular weight excluding hydrogens is 242 g/mol. The molecule has 2 heterocycles. The van der Waals surface area contributed by atoms with Crippen LogP contribution in [0.15, 0.2) is 6.33 Å². The van der Waals surface area contributed by atoms with Gasteiger partial charge in [0.1, 0.15) is 6.33 Å². The molecule has 0 unspecified atom stereocenters. The largest absolute Gasteiger partial charge is 0.314 e. The van der Waals surface area contributed by atoms with E-state index in [1.165, 1.54) is 6.33 Å². The molecule has 0 atom stereocenters. The van der Waals surface area contributed by atoms with E-state index in [1.807, 2.05) is 27.7 Å². The molecule has 0 spiro atoms. The van der Waals surface area contributed by atoms with Crippen molar-refractivity contribution in [3.8, 4) is 0 Å². The fourth-order valence-electron chi connectivity index (χ4n) is 2.43. The number of hydrogen-bond acceptors (Lipinski definition) is 5. The van der Waals surface area contributed by atoms with Crippen molar-refractivity contribution in [3.63, 3.8) is 0 Å². The van der Waals surface area contributed by atoms with Gasteiger partial charge in [-0.05, 0) is 27.7 Å². The Morgan fingerprint density at radius 3 is 2.58 bits per heavy atom. The van der Waals surface area contributed by atoms with Gasteiger partial charge in [0.05, 0.1) is 5.54 Å². The predicted molar refractivity (Wildman–Crippen MR) is 73.3 cm³/mol. The number of Topliss-reactive ketones (excluding diaryl/α,β-unsaturated/α-hetero) is 1. The Labute approximate surface area is 114 Å². The summed E-state index contributed by atoms with van der Waals surface area (Å²) in [4.78, 5) is 19.1. The first-order chi connectivity index (χ1) is 8.94. The lowest BCUT2D eigenvalue weighted by Crippen LogP contribution is -2.57. The van der Waals surface area contributed by atoms with E-state index in [0.717, 1.165) is 26.2 Å². The topological polar surface area (TPSA) is 63.1 Å². The number of hydrogen-bond donors (Lipinski definition) is 1. The molecular formula is C13H23N5O. The quantitative estimate of drug-likeness (QED) is 0.813. The number of ketones is 1. The van der Waals surface area contributed by atoms with Crippen LogP contribution < -0.4 is 5.32 Å². The van der Waals surface area contributed by atoms with Crippen LogP contribution in [-0.2, 0) is 0 Å². The van der Waals surface area contributed by atoms with E-state index in [9.17, 15) is 4.79 Å².